The largest absolute Gasteiger partial charge is 0.375 e. The van der Waals surface area contributed by atoms with Crippen LogP contribution in [0.3, 0.4) is 0 Å². The van der Waals surface area contributed by atoms with Crippen LogP contribution in [0.5, 0.6) is 0 Å². The first-order chi connectivity index (χ1) is 8.13. The fourth-order valence-corrected chi connectivity index (χ4v) is 2.42. The Balaban J connectivity index is 2.37. The van der Waals surface area contributed by atoms with Gasteiger partial charge in [0.1, 0.15) is 5.82 Å². The minimum Gasteiger partial charge on any atom is -0.375 e. The fraction of sp³-hybridized carbons (Fsp3) is 0.538. The third kappa shape index (κ3) is 2.55. The third-order valence-electron chi connectivity index (χ3n) is 3.11. The Labute approximate surface area is 106 Å². The van der Waals surface area contributed by atoms with Crippen molar-refractivity contribution in [2.24, 2.45) is 0 Å². The highest BCUT2D eigenvalue weighted by molar-refractivity contribution is 6.17. The van der Waals surface area contributed by atoms with Crippen LogP contribution in [-0.4, -0.2) is 25.3 Å². The molecule has 0 aliphatic carbocycles. The van der Waals surface area contributed by atoms with Crippen molar-refractivity contribution in [2.45, 2.75) is 31.9 Å². The number of ether oxygens (including phenoxy) is 1. The molecular weight excluding hydrogens is 241 g/mol. The highest BCUT2D eigenvalue weighted by Crippen LogP contribution is 2.29. The molecule has 17 heavy (non-hydrogen) atoms. The summed E-state index contributed by atoms with van der Waals surface area (Å²) in [4.78, 5) is 2.06. The smallest absolute Gasteiger partial charge is 0.146 e. The zero-order valence-corrected chi connectivity index (χ0v) is 10.9. The molecule has 1 aromatic rings. The number of benzene rings is 1. The van der Waals surface area contributed by atoms with E-state index in [1.165, 1.54) is 6.07 Å². The third-order valence-corrected chi connectivity index (χ3v) is 3.40. The highest BCUT2D eigenvalue weighted by atomic mass is 35.5. The van der Waals surface area contributed by atoms with Crippen LogP contribution in [0.15, 0.2) is 18.2 Å². The lowest BCUT2D eigenvalue weighted by Crippen LogP contribution is -2.48. The van der Waals surface area contributed by atoms with Crippen LogP contribution in [0, 0.1) is 5.82 Å². The van der Waals surface area contributed by atoms with E-state index in [2.05, 4.69) is 4.90 Å². The maximum absolute atomic E-state index is 14.0. The Bertz CT molecular complexity index is 399. The molecule has 0 N–H and O–H groups in total. The average molecular weight is 258 g/mol. The molecule has 2 atom stereocenters. The molecule has 0 spiro atoms. The monoisotopic (exact) mass is 257 g/mol. The number of alkyl halides is 1. The maximum atomic E-state index is 14.0. The van der Waals surface area contributed by atoms with Gasteiger partial charge in [-0.2, -0.15) is 0 Å². The molecule has 1 saturated heterocycles. The molecule has 0 aromatic heterocycles. The van der Waals surface area contributed by atoms with E-state index in [-0.39, 0.29) is 18.0 Å². The molecule has 1 aliphatic rings. The molecule has 1 aliphatic heterocycles. The van der Waals surface area contributed by atoms with Crippen molar-refractivity contribution in [3.63, 3.8) is 0 Å². The molecule has 1 aromatic carbocycles. The van der Waals surface area contributed by atoms with Crippen LogP contribution in [0.4, 0.5) is 10.1 Å². The molecule has 0 amide bonds. The lowest BCUT2D eigenvalue weighted by atomic mass is 10.1. The molecule has 0 radical (unpaired) electrons. The second kappa shape index (κ2) is 5.23. The quantitative estimate of drug-likeness (QED) is 0.755. The minimum atomic E-state index is -0.205. The number of hydrogen-bond acceptors (Lipinski definition) is 2. The number of halogens is 2. The Morgan fingerprint density at radius 2 is 2.24 bits per heavy atom. The summed E-state index contributed by atoms with van der Waals surface area (Å²) in [5.41, 5.74) is 1.47. The molecule has 1 fully saturated rings. The topological polar surface area (TPSA) is 12.5 Å². The number of anilines is 1. The van der Waals surface area contributed by atoms with Crippen molar-refractivity contribution in [1.29, 1.82) is 0 Å². The van der Waals surface area contributed by atoms with Crippen molar-refractivity contribution in [3.8, 4) is 0 Å². The molecule has 4 heteroatoms. The summed E-state index contributed by atoms with van der Waals surface area (Å²) in [6, 6.07) is 5.23. The van der Waals surface area contributed by atoms with Gasteiger partial charge in [0.05, 0.1) is 18.4 Å². The number of para-hydroxylation sites is 1. The number of morpholine rings is 1. The van der Waals surface area contributed by atoms with Crippen molar-refractivity contribution in [2.75, 3.05) is 18.1 Å². The van der Waals surface area contributed by atoms with Crippen LogP contribution in [0.1, 0.15) is 19.4 Å². The first-order valence-corrected chi connectivity index (χ1v) is 6.38. The van der Waals surface area contributed by atoms with E-state index >= 15 is 0 Å². The Morgan fingerprint density at radius 3 is 2.94 bits per heavy atom. The van der Waals surface area contributed by atoms with Crippen molar-refractivity contribution < 1.29 is 9.13 Å². The van der Waals surface area contributed by atoms with E-state index in [0.29, 0.717) is 24.7 Å². The molecule has 0 saturated carbocycles. The summed E-state index contributed by atoms with van der Waals surface area (Å²) in [5.74, 6) is 0.120. The van der Waals surface area contributed by atoms with Gasteiger partial charge >= 0.3 is 0 Å². The van der Waals surface area contributed by atoms with E-state index in [0.717, 1.165) is 5.56 Å². The summed E-state index contributed by atoms with van der Waals surface area (Å²) in [6.07, 6.45) is 0.119. The highest BCUT2D eigenvalue weighted by Gasteiger charge is 2.27. The number of rotatable bonds is 2. The van der Waals surface area contributed by atoms with Gasteiger partial charge in [0.15, 0.2) is 0 Å². The van der Waals surface area contributed by atoms with E-state index < -0.39 is 0 Å². The summed E-state index contributed by atoms with van der Waals surface area (Å²) in [6.45, 7) is 5.36. The lowest BCUT2D eigenvalue weighted by molar-refractivity contribution is 0.0340. The molecule has 94 valence electrons. The van der Waals surface area contributed by atoms with Gasteiger partial charge in [-0.15, -0.1) is 11.6 Å². The van der Waals surface area contributed by atoms with E-state index in [1.54, 1.807) is 6.07 Å². The van der Waals surface area contributed by atoms with Crippen LogP contribution < -0.4 is 4.90 Å². The summed E-state index contributed by atoms with van der Waals surface area (Å²) in [5, 5.41) is 0. The van der Waals surface area contributed by atoms with Crippen molar-refractivity contribution in [3.05, 3.63) is 29.6 Å². The van der Waals surface area contributed by atoms with Crippen LogP contribution in [0.2, 0.25) is 0 Å². The summed E-state index contributed by atoms with van der Waals surface area (Å²) in [7, 11) is 0. The van der Waals surface area contributed by atoms with Crippen molar-refractivity contribution >= 4 is 17.3 Å². The van der Waals surface area contributed by atoms with Gasteiger partial charge < -0.3 is 9.64 Å². The molecule has 2 rings (SSSR count). The number of hydrogen-bond donors (Lipinski definition) is 0. The van der Waals surface area contributed by atoms with E-state index in [9.17, 15) is 4.39 Å². The Kier molecular flexibility index (Phi) is 3.89. The SMILES string of the molecule is CC1CN(c2c(F)cccc2CCl)C(C)CO1. The standard InChI is InChI=1S/C13H17ClFNO/c1-9-8-17-10(2)7-16(9)13-11(6-14)4-3-5-12(13)15/h3-5,9-10H,6-8H2,1-2H3. The molecule has 1 heterocycles. The Morgan fingerprint density at radius 1 is 1.47 bits per heavy atom. The second-order valence-electron chi connectivity index (χ2n) is 4.53. The van der Waals surface area contributed by atoms with Crippen LogP contribution in [-0.2, 0) is 10.6 Å². The minimum absolute atomic E-state index is 0.119. The van der Waals surface area contributed by atoms with Gasteiger partial charge in [-0.05, 0) is 25.5 Å². The zero-order valence-electron chi connectivity index (χ0n) is 10.1. The molecule has 2 nitrogen and oxygen atoms in total. The van der Waals surface area contributed by atoms with Gasteiger partial charge in [-0.3, -0.25) is 0 Å². The number of nitrogens with zero attached hydrogens (tertiary/aromatic N) is 1. The molecule has 0 bridgehead atoms. The normalized spacial score (nSPS) is 25.1. The van der Waals surface area contributed by atoms with Gasteiger partial charge in [0.25, 0.3) is 0 Å². The Hall–Kier alpha value is -0.800. The lowest BCUT2D eigenvalue weighted by Gasteiger charge is -2.39. The first-order valence-electron chi connectivity index (χ1n) is 5.85. The first kappa shape index (κ1) is 12.7. The predicted molar refractivity (Wildman–Crippen MR) is 68.2 cm³/mol. The van der Waals surface area contributed by atoms with Gasteiger partial charge in [0.2, 0.25) is 0 Å². The molecule has 2 unspecified atom stereocenters. The van der Waals surface area contributed by atoms with E-state index in [1.807, 2.05) is 19.9 Å². The van der Waals surface area contributed by atoms with Crippen LogP contribution in [0.25, 0.3) is 0 Å². The van der Waals surface area contributed by atoms with Gasteiger partial charge in [-0.1, -0.05) is 12.1 Å². The van der Waals surface area contributed by atoms with Gasteiger partial charge in [0, 0.05) is 18.5 Å². The zero-order chi connectivity index (χ0) is 12.4. The second-order valence-corrected chi connectivity index (χ2v) is 4.79. The summed E-state index contributed by atoms with van der Waals surface area (Å²) >= 11 is 5.88. The molecular formula is C13H17ClFNO. The predicted octanol–water partition coefficient (Wildman–Crippen LogP) is 3.18. The fourth-order valence-electron chi connectivity index (χ4n) is 2.20. The average Bonchev–Trinajstić information content (AvgIpc) is 2.32. The van der Waals surface area contributed by atoms with E-state index in [4.69, 9.17) is 16.3 Å². The van der Waals surface area contributed by atoms with Gasteiger partial charge in [-0.25, -0.2) is 4.39 Å². The summed E-state index contributed by atoms with van der Waals surface area (Å²) < 4.78 is 19.5. The van der Waals surface area contributed by atoms with Crippen molar-refractivity contribution in [1.82, 2.24) is 0 Å². The van der Waals surface area contributed by atoms with Crippen LogP contribution >= 0.6 is 11.6 Å². The maximum Gasteiger partial charge on any atom is 0.146 e.